The van der Waals surface area contributed by atoms with Gasteiger partial charge in [0.15, 0.2) is 0 Å². The Bertz CT molecular complexity index is 450. The average Bonchev–Trinajstić information content (AvgIpc) is 2.34. The molecule has 0 unspecified atom stereocenters. The minimum atomic E-state index is -4.76. The zero-order valence-corrected chi connectivity index (χ0v) is 11.2. The summed E-state index contributed by atoms with van der Waals surface area (Å²) in [7, 11) is 1.46. The van der Waals surface area contributed by atoms with Crippen LogP contribution in [0.15, 0.2) is 18.2 Å². The average molecular weight is 274 g/mol. The van der Waals surface area contributed by atoms with Crippen molar-refractivity contribution in [2.45, 2.75) is 38.8 Å². The Hall–Kier alpha value is -1.52. The second-order valence-electron chi connectivity index (χ2n) is 4.65. The lowest BCUT2D eigenvalue weighted by Gasteiger charge is -2.13. The molecule has 0 atom stereocenters. The topological polar surface area (TPSA) is 26.3 Å². The van der Waals surface area contributed by atoms with Crippen LogP contribution >= 0.6 is 0 Å². The van der Waals surface area contributed by atoms with Crippen LogP contribution < -0.4 is 4.74 Å². The number of ketones is 1. The molecular weight excluding hydrogens is 257 g/mol. The molecule has 0 heterocycles. The number of hydrogen-bond donors (Lipinski definition) is 0. The zero-order chi connectivity index (χ0) is 14.6. The lowest BCUT2D eigenvalue weighted by Crippen LogP contribution is -2.23. The van der Waals surface area contributed by atoms with Crippen LogP contribution in [0.4, 0.5) is 13.2 Å². The van der Waals surface area contributed by atoms with Crippen molar-refractivity contribution >= 4 is 5.78 Å². The summed E-state index contributed by atoms with van der Waals surface area (Å²) in [6, 6.07) is 5.40. The number of carbonyl (C=O) groups excluding carboxylic acids is 1. The quantitative estimate of drug-likeness (QED) is 0.814. The number of methoxy groups -OCH3 is 1. The largest absolute Gasteiger partial charge is 0.496 e. The van der Waals surface area contributed by atoms with Gasteiger partial charge in [-0.3, -0.25) is 4.79 Å². The van der Waals surface area contributed by atoms with E-state index in [0.717, 1.165) is 5.56 Å². The fraction of sp³-hybridized carbons (Fsp3) is 0.500. The van der Waals surface area contributed by atoms with Crippen LogP contribution in [0.3, 0.4) is 0 Å². The molecule has 1 rings (SSSR count). The monoisotopic (exact) mass is 274 g/mol. The highest BCUT2D eigenvalue weighted by Gasteiger charge is 2.37. The van der Waals surface area contributed by atoms with Crippen LogP contribution in [0.2, 0.25) is 0 Å². The van der Waals surface area contributed by atoms with Crippen LogP contribution in [0.1, 0.15) is 37.3 Å². The highest BCUT2D eigenvalue weighted by molar-refractivity contribution is 5.84. The van der Waals surface area contributed by atoms with Gasteiger partial charge in [-0.1, -0.05) is 26.0 Å². The molecule has 1 aromatic rings. The fourth-order valence-corrected chi connectivity index (χ4v) is 1.74. The number of Topliss-reactive ketones (excluding diaryl/α,β-unsaturated/α-hetero) is 1. The first-order valence-corrected chi connectivity index (χ1v) is 6.02. The molecule has 0 aliphatic heterocycles. The van der Waals surface area contributed by atoms with Crippen LogP contribution in [-0.4, -0.2) is 19.1 Å². The zero-order valence-electron chi connectivity index (χ0n) is 11.2. The first-order chi connectivity index (χ1) is 8.75. The van der Waals surface area contributed by atoms with E-state index >= 15 is 0 Å². The third kappa shape index (κ3) is 4.26. The van der Waals surface area contributed by atoms with Gasteiger partial charge in [0, 0.05) is 6.42 Å². The number of halogens is 3. The maximum Gasteiger partial charge on any atom is 0.449 e. The van der Waals surface area contributed by atoms with E-state index in [0.29, 0.717) is 11.3 Å². The van der Waals surface area contributed by atoms with Crippen LogP contribution in [0, 0.1) is 0 Å². The van der Waals surface area contributed by atoms with Crippen molar-refractivity contribution in [3.8, 4) is 5.75 Å². The number of alkyl halides is 3. The van der Waals surface area contributed by atoms with E-state index in [9.17, 15) is 18.0 Å². The lowest BCUT2D eigenvalue weighted by molar-refractivity contribution is -0.171. The Morgan fingerprint density at radius 2 is 1.95 bits per heavy atom. The van der Waals surface area contributed by atoms with Crippen molar-refractivity contribution in [2.24, 2.45) is 0 Å². The Morgan fingerprint density at radius 3 is 2.42 bits per heavy atom. The van der Waals surface area contributed by atoms with Crippen molar-refractivity contribution in [1.29, 1.82) is 0 Å². The molecule has 1 aromatic carbocycles. The number of benzene rings is 1. The molecule has 106 valence electrons. The number of hydrogen-bond acceptors (Lipinski definition) is 2. The van der Waals surface area contributed by atoms with Gasteiger partial charge in [0.05, 0.1) is 7.11 Å². The highest BCUT2D eigenvalue weighted by Crippen LogP contribution is 2.26. The van der Waals surface area contributed by atoms with Crippen molar-refractivity contribution < 1.29 is 22.7 Å². The molecule has 0 N–H and O–H groups in total. The lowest BCUT2D eigenvalue weighted by atomic mass is 9.97. The van der Waals surface area contributed by atoms with Crippen LogP contribution in [0.25, 0.3) is 0 Å². The first kappa shape index (κ1) is 15.5. The molecular formula is C14H17F3O2. The van der Waals surface area contributed by atoms with Gasteiger partial charge in [-0.05, 0) is 29.5 Å². The number of aryl methyl sites for hydroxylation is 1. The first-order valence-electron chi connectivity index (χ1n) is 6.02. The van der Waals surface area contributed by atoms with Gasteiger partial charge >= 0.3 is 6.18 Å². The van der Waals surface area contributed by atoms with E-state index in [1.54, 1.807) is 12.1 Å². The number of rotatable bonds is 5. The van der Waals surface area contributed by atoms with E-state index in [-0.39, 0.29) is 12.3 Å². The summed E-state index contributed by atoms with van der Waals surface area (Å²) in [6.07, 6.45) is -5.29. The summed E-state index contributed by atoms with van der Waals surface area (Å²) < 4.78 is 41.6. The standard InChI is InChI=1S/C14H17F3O2/c1-9(2)10-4-6-12(19-3)11(8-10)5-7-13(18)14(15,16)17/h4,6,8-9H,5,7H2,1-3H3. The fourth-order valence-electron chi connectivity index (χ4n) is 1.74. The van der Waals surface area contributed by atoms with Gasteiger partial charge in [0.25, 0.3) is 0 Å². The summed E-state index contributed by atoms with van der Waals surface area (Å²) in [5, 5.41) is 0. The third-order valence-corrected chi connectivity index (χ3v) is 2.91. The van der Waals surface area contributed by atoms with Gasteiger partial charge in [-0.15, -0.1) is 0 Å². The van der Waals surface area contributed by atoms with Crippen molar-refractivity contribution in [3.63, 3.8) is 0 Å². The summed E-state index contributed by atoms with van der Waals surface area (Å²) in [5.41, 5.74) is 1.64. The van der Waals surface area contributed by atoms with E-state index in [2.05, 4.69) is 0 Å². The van der Waals surface area contributed by atoms with Crippen molar-refractivity contribution in [3.05, 3.63) is 29.3 Å². The maximum atomic E-state index is 12.2. The van der Waals surface area contributed by atoms with Gasteiger partial charge in [0.2, 0.25) is 5.78 Å². The maximum absolute atomic E-state index is 12.2. The molecule has 0 spiro atoms. The van der Waals surface area contributed by atoms with Crippen molar-refractivity contribution in [1.82, 2.24) is 0 Å². The molecule has 5 heteroatoms. The Balaban J connectivity index is 2.87. The molecule has 0 aromatic heterocycles. The molecule has 0 aliphatic carbocycles. The van der Waals surface area contributed by atoms with E-state index < -0.39 is 18.4 Å². The molecule has 0 amide bonds. The molecule has 2 nitrogen and oxygen atoms in total. The smallest absolute Gasteiger partial charge is 0.449 e. The Kier molecular flexibility index (Phi) is 4.97. The summed E-state index contributed by atoms with van der Waals surface area (Å²) in [4.78, 5) is 10.9. The van der Waals surface area contributed by atoms with Gasteiger partial charge in [-0.25, -0.2) is 0 Å². The summed E-state index contributed by atoms with van der Waals surface area (Å²) in [5.74, 6) is -0.924. The highest BCUT2D eigenvalue weighted by atomic mass is 19.4. The normalized spacial score (nSPS) is 11.7. The molecule has 0 radical (unpaired) electrons. The Labute approximate surface area is 110 Å². The molecule has 0 fully saturated rings. The second kappa shape index (κ2) is 6.08. The van der Waals surface area contributed by atoms with E-state index in [1.807, 2.05) is 19.9 Å². The van der Waals surface area contributed by atoms with Gasteiger partial charge in [-0.2, -0.15) is 13.2 Å². The van der Waals surface area contributed by atoms with Crippen LogP contribution in [0.5, 0.6) is 5.75 Å². The molecule has 19 heavy (non-hydrogen) atoms. The molecule has 0 saturated heterocycles. The minimum absolute atomic E-state index is 0.0298. The summed E-state index contributed by atoms with van der Waals surface area (Å²) in [6.45, 7) is 3.99. The van der Waals surface area contributed by atoms with Crippen LogP contribution in [-0.2, 0) is 11.2 Å². The molecule has 0 aliphatic rings. The van der Waals surface area contributed by atoms with Crippen molar-refractivity contribution in [2.75, 3.05) is 7.11 Å². The number of ether oxygens (including phenoxy) is 1. The van der Waals surface area contributed by atoms with E-state index in [1.165, 1.54) is 7.11 Å². The third-order valence-electron chi connectivity index (χ3n) is 2.91. The van der Waals surface area contributed by atoms with Gasteiger partial charge in [0.1, 0.15) is 5.75 Å². The second-order valence-corrected chi connectivity index (χ2v) is 4.65. The SMILES string of the molecule is COc1ccc(C(C)C)cc1CCC(=O)C(F)(F)F. The summed E-state index contributed by atoms with van der Waals surface area (Å²) >= 11 is 0. The molecule has 0 bridgehead atoms. The van der Waals surface area contributed by atoms with E-state index in [4.69, 9.17) is 4.74 Å². The number of carbonyl (C=O) groups is 1. The predicted octanol–water partition coefficient (Wildman–Crippen LogP) is 3.88. The Morgan fingerprint density at radius 1 is 1.32 bits per heavy atom. The van der Waals surface area contributed by atoms with Gasteiger partial charge < -0.3 is 4.74 Å². The molecule has 0 saturated carbocycles. The predicted molar refractivity (Wildman–Crippen MR) is 66.5 cm³/mol. The minimum Gasteiger partial charge on any atom is -0.496 e.